The standard InChI is InChI=1S/C15H24N2O/c1-11-8-9-14(12(2)17-11)15(16)7-3-5-13-6-4-10-18-13/h8-9,13,15H,3-7,10,16H2,1-2H3. The molecule has 0 amide bonds. The van der Waals surface area contributed by atoms with Gasteiger partial charge in [0, 0.05) is 24.0 Å². The zero-order valence-electron chi connectivity index (χ0n) is 11.5. The van der Waals surface area contributed by atoms with Crippen molar-refractivity contribution in [2.24, 2.45) is 5.73 Å². The van der Waals surface area contributed by atoms with Gasteiger partial charge in [-0.25, -0.2) is 0 Å². The van der Waals surface area contributed by atoms with E-state index in [1.54, 1.807) is 0 Å². The van der Waals surface area contributed by atoms with Gasteiger partial charge in [-0.2, -0.15) is 0 Å². The molecule has 2 rings (SSSR count). The third kappa shape index (κ3) is 3.53. The quantitative estimate of drug-likeness (QED) is 0.871. The zero-order chi connectivity index (χ0) is 13.0. The first-order chi connectivity index (χ1) is 8.66. The van der Waals surface area contributed by atoms with Crippen molar-refractivity contribution in [3.63, 3.8) is 0 Å². The van der Waals surface area contributed by atoms with E-state index >= 15 is 0 Å². The second-order valence-corrected chi connectivity index (χ2v) is 5.30. The van der Waals surface area contributed by atoms with Crippen molar-refractivity contribution in [1.82, 2.24) is 4.98 Å². The summed E-state index contributed by atoms with van der Waals surface area (Å²) in [4.78, 5) is 4.48. The highest BCUT2D eigenvalue weighted by Gasteiger charge is 2.16. The van der Waals surface area contributed by atoms with Gasteiger partial charge in [-0.1, -0.05) is 6.07 Å². The predicted octanol–water partition coefficient (Wildman–Crippen LogP) is 3.05. The Morgan fingerprint density at radius 2 is 2.28 bits per heavy atom. The number of hydrogen-bond acceptors (Lipinski definition) is 3. The molecular formula is C15H24N2O. The third-order valence-electron chi connectivity index (χ3n) is 3.73. The summed E-state index contributed by atoms with van der Waals surface area (Å²) in [5.74, 6) is 0. The second kappa shape index (κ2) is 6.30. The molecule has 2 unspecified atom stereocenters. The minimum Gasteiger partial charge on any atom is -0.378 e. The van der Waals surface area contributed by atoms with Gasteiger partial charge in [0.15, 0.2) is 0 Å². The normalized spacial score (nSPS) is 21.2. The average Bonchev–Trinajstić information content (AvgIpc) is 2.81. The minimum absolute atomic E-state index is 0.111. The van der Waals surface area contributed by atoms with Crippen molar-refractivity contribution < 1.29 is 4.74 Å². The summed E-state index contributed by atoms with van der Waals surface area (Å²) < 4.78 is 5.63. The average molecular weight is 248 g/mol. The summed E-state index contributed by atoms with van der Waals surface area (Å²) in [6.45, 7) is 5.00. The van der Waals surface area contributed by atoms with E-state index < -0.39 is 0 Å². The summed E-state index contributed by atoms with van der Waals surface area (Å²) in [5.41, 5.74) is 9.56. The molecule has 3 nitrogen and oxygen atoms in total. The molecule has 1 aromatic heterocycles. The molecule has 1 aromatic rings. The van der Waals surface area contributed by atoms with E-state index in [4.69, 9.17) is 10.5 Å². The molecule has 0 aromatic carbocycles. The Bertz CT molecular complexity index is 386. The fourth-order valence-corrected chi connectivity index (χ4v) is 2.68. The molecule has 3 heteroatoms. The molecule has 0 spiro atoms. The molecule has 2 atom stereocenters. The summed E-state index contributed by atoms with van der Waals surface area (Å²) >= 11 is 0. The second-order valence-electron chi connectivity index (χ2n) is 5.30. The zero-order valence-corrected chi connectivity index (χ0v) is 11.5. The largest absolute Gasteiger partial charge is 0.378 e. The van der Waals surface area contributed by atoms with Crippen molar-refractivity contribution in [2.45, 2.75) is 58.1 Å². The number of nitrogens with two attached hydrogens (primary N) is 1. The Morgan fingerprint density at radius 1 is 1.44 bits per heavy atom. The van der Waals surface area contributed by atoms with Gasteiger partial charge < -0.3 is 10.5 Å². The van der Waals surface area contributed by atoms with Crippen LogP contribution >= 0.6 is 0 Å². The number of aromatic nitrogens is 1. The SMILES string of the molecule is Cc1ccc(C(N)CCCC2CCCO2)c(C)n1. The molecule has 0 bridgehead atoms. The molecule has 0 saturated carbocycles. The fourth-order valence-electron chi connectivity index (χ4n) is 2.68. The van der Waals surface area contributed by atoms with Crippen LogP contribution in [-0.2, 0) is 4.74 Å². The number of nitrogens with zero attached hydrogens (tertiary/aromatic N) is 1. The summed E-state index contributed by atoms with van der Waals surface area (Å²) in [5, 5.41) is 0. The van der Waals surface area contributed by atoms with Crippen molar-refractivity contribution in [3.8, 4) is 0 Å². The summed E-state index contributed by atoms with van der Waals surface area (Å²) in [6.07, 6.45) is 6.23. The first-order valence-electron chi connectivity index (χ1n) is 6.98. The highest BCUT2D eigenvalue weighted by molar-refractivity contribution is 5.24. The lowest BCUT2D eigenvalue weighted by molar-refractivity contribution is 0.101. The minimum atomic E-state index is 0.111. The molecule has 1 saturated heterocycles. The highest BCUT2D eigenvalue weighted by Crippen LogP contribution is 2.23. The van der Waals surface area contributed by atoms with E-state index in [1.807, 2.05) is 19.9 Å². The van der Waals surface area contributed by atoms with Crippen LogP contribution < -0.4 is 5.73 Å². The lowest BCUT2D eigenvalue weighted by Crippen LogP contribution is -2.14. The Morgan fingerprint density at radius 3 is 2.94 bits per heavy atom. The number of hydrogen-bond donors (Lipinski definition) is 1. The molecule has 2 heterocycles. The van der Waals surface area contributed by atoms with Crippen LogP contribution in [0.25, 0.3) is 0 Å². The molecule has 1 aliphatic heterocycles. The van der Waals surface area contributed by atoms with Gasteiger partial charge in [0.1, 0.15) is 0 Å². The van der Waals surface area contributed by atoms with Gasteiger partial charge in [-0.3, -0.25) is 4.98 Å². The Labute approximate surface area is 110 Å². The monoisotopic (exact) mass is 248 g/mol. The molecule has 2 N–H and O–H groups in total. The van der Waals surface area contributed by atoms with E-state index in [2.05, 4.69) is 11.1 Å². The molecule has 0 aliphatic carbocycles. The molecule has 1 aliphatic rings. The van der Waals surface area contributed by atoms with Crippen LogP contribution in [0.3, 0.4) is 0 Å². The number of ether oxygens (including phenoxy) is 1. The van der Waals surface area contributed by atoms with Crippen LogP contribution in [0.5, 0.6) is 0 Å². The third-order valence-corrected chi connectivity index (χ3v) is 3.73. The van der Waals surface area contributed by atoms with E-state index in [0.29, 0.717) is 6.10 Å². The van der Waals surface area contributed by atoms with Gasteiger partial charge in [0.2, 0.25) is 0 Å². The highest BCUT2D eigenvalue weighted by atomic mass is 16.5. The molecule has 100 valence electrons. The Balaban J connectivity index is 1.81. The predicted molar refractivity (Wildman–Crippen MR) is 73.5 cm³/mol. The number of aryl methyl sites for hydroxylation is 2. The lowest BCUT2D eigenvalue weighted by atomic mass is 9.99. The maximum absolute atomic E-state index is 6.25. The number of pyridine rings is 1. The van der Waals surface area contributed by atoms with Crippen molar-refractivity contribution in [3.05, 3.63) is 29.1 Å². The topological polar surface area (TPSA) is 48.1 Å². The van der Waals surface area contributed by atoms with Gasteiger partial charge >= 0.3 is 0 Å². The fraction of sp³-hybridized carbons (Fsp3) is 0.667. The lowest BCUT2D eigenvalue weighted by Gasteiger charge is -2.15. The van der Waals surface area contributed by atoms with E-state index in [1.165, 1.54) is 18.4 Å². The van der Waals surface area contributed by atoms with Crippen LogP contribution in [0.15, 0.2) is 12.1 Å². The Kier molecular flexibility index (Phi) is 4.72. The Hall–Kier alpha value is -0.930. The molecule has 18 heavy (non-hydrogen) atoms. The molecular weight excluding hydrogens is 224 g/mol. The summed E-state index contributed by atoms with van der Waals surface area (Å²) in [6, 6.07) is 4.27. The summed E-state index contributed by atoms with van der Waals surface area (Å²) in [7, 11) is 0. The number of rotatable bonds is 5. The van der Waals surface area contributed by atoms with E-state index in [-0.39, 0.29) is 6.04 Å². The first kappa shape index (κ1) is 13.5. The van der Waals surface area contributed by atoms with Crippen LogP contribution in [-0.4, -0.2) is 17.7 Å². The van der Waals surface area contributed by atoms with Gasteiger partial charge in [-0.15, -0.1) is 0 Å². The van der Waals surface area contributed by atoms with Crippen molar-refractivity contribution in [1.29, 1.82) is 0 Å². The van der Waals surface area contributed by atoms with E-state index in [0.717, 1.165) is 37.3 Å². The van der Waals surface area contributed by atoms with Crippen LogP contribution in [0.1, 0.15) is 55.1 Å². The van der Waals surface area contributed by atoms with Crippen molar-refractivity contribution >= 4 is 0 Å². The molecule has 1 fully saturated rings. The van der Waals surface area contributed by atoms with Crippen LogP contribution in [0, 0.1) is 13.8 Å². The first-order valence-corrected chi connectivity index (χ1v) is 6.98. The van der Waals surface area contributed by atoms with E-state index in [9.17, 15) is 0 Å². The maximum atomic E-state index is 6.25. The van der Waals surface area contributed by atoms with Gasteiger partial charge in [-0.05, 0) is 57.6 Å². The van der Waals surface area contributed by atoms with Crippen molar-refractivity contribution in [2.75, 3.05) is 6.61 Å². The van der Waals surface area contributed by atoms with Crippen LogP contribution in [0.4, 0.5) is 0 Å². The molecule has 0 radical (unpaired) electrons. The maximum Gasteiger partial charge on any atom is 0.0576 e. The van der Waals surface area contributed by atoms with Gasteiger partial charge in [0.25, 0.3) is 0 Å². The van der Waals surface area contributed by atoms with Crippen LogP contribution in [0.2, 0.25) is 0 Å². The van der Waals surface area contributed by atoms with Gasteiger partial charge in [0.05, 0.1) is 6.10 Å². The smallest absolute Gasteiger partial charge is 0.0576 e.